The summed E-state index contributed by atoms with van der Waals surface area (Å²) < 4.78 is 30.1. The van der Waals surface area contributed by atoms with E-state index in [-0.39, 0.29) is 54.4 Å². The van der Waals surface area contributed by atoms with Crippen LogP contribution in [0, 0.1) is 11.3 Å². The molecular weight excluding hydrogens is 432 g/mol. The number of carboxylic acids is 1. The first kappa shape index (κ1) is 20.4. The SMILES string of the molecule is CC(C)[C@]12O[C@H]1[C@@H]1O[C@]13[C@]1(O[C@H]1C[C@H]1c4coc(OC(=O)CCC(=O)O)c4CC[C@@]13C)[C@@H]2O. The Bertz CT molecular complexity index is 1090. The van der Waals surface area contributed by atoms with Gasteiger partial charge in [-0.15, -0.1) is 0 Å². The van der Waals surface area contributed by atoms with Gasteiger partial charge in [0.05, 0.1) is 25.2 Å². The molecule has 0 aromatic carbocycles. The monoisotopic (exact) mass is 460 g/mol. The zero-order valence-electron chi connectivity index (χ0n) is 18.8. The third-order valence-corrected chi connectivity index (χ3v) is 9.70. The smallest absolute Gasteiger partial charge is 0.314 e. The largest absolute Gasteiger partial charge is 0.481 e. The molecular formula is C24H28O9. The topological polar surface area (TPSA) is 135 Å². The Balaban J connectivity index is 1.21. The normalized spacial score (nSPS) is 49.5. The van der Waals surface area contributed by atoms with Crippen LogP contribution in [0.3, 0.4) is 0 Å². The number of epoxide rings is 3. The molecule has 2 saturated carbocycles. The number of furan rings is 1. The van der Waals surface area contributed by atoms with Crippen molar-refractivity contribution in [2.24, 2.45) is 11.3 Å². The summed E-state index contributed by atoms with van der Waals surface area (Å²) in [5.41, 5.74) is -0.353. The van der Waals surface area contributed by atoms with Crippen LogP contribution in [0.2, 0.25) is 0 Å². The van der Waals surface area contributed by atoms with Gasteiger partial charge in [-0.25, -0.2) is 0 Å². The highest BCUT2D eigenvalue weighted by atomic mass is 16.7. The second-order valence-corrected chi connectivity index (χ2v) is 11.2. The molecule has 9 heteroatoms. The number of esters is 1. The van der Waals surface area contributed by atoms with Crippen LogP contribution in [-0.2, 0) is 30.2 Å². The van der Waals surface area contributed by atoms with Crippen LogP contribution in [0.25, 0.3) is 0 Å². The predicted octanol–water partition coefficient (Wildman–Crippen LogP) is 1.93. The number of ether oxygens (including phenoxy) is 4. The maximum Gasteiger partial charge on any atom is 0.314 e. The Morgan fingerprint density at radius 1 is 1.21 bits per heavy atom. The summed E-state index contributed by atoms with van der Waals surface area (Å²) >= 11 is 0. The number of aliphatic hydroxyl groups is 1. The molecule has 3 aliphatic carbocycles. The van der Waals surface area contributed by atoms with E-state index in [0.717, 1.165) is 24.0 Å². The first-order valence-corrected chi connectivity index (χ1v) is 11.9. The van der Waals surface area contributed by atoms with Gasteiger partial charge in [-0.2, -0.15) is 0 Å². The highest BCUT2D eigenvalue weighted by molar-refractivity contribution is 5.78. The van der Waals surface area contributed by atoms with Crippen molar-refractivity contribution >= 4 is 11.9 Å². The summed E-state index contributed by atoms with van der Waals surface area (Å²) in [6.07, 6.45) is 2.23. The number of aliphatic hydroxyl groups excluding tert-OH is 1. The number of carboxylic acid groups (broad SMARTS) is 1. The molecule has 0 bridgehead atoms. The second-order valence-electron chi connectivity index (χ2n) is 11.2. The van der Waals surface area contributed by atoms with E-state index in [2.05, 4.69) is 20.8 Å². The van der Waals surface area contributed by atoms with Gasteiger partial charge in [-0.05, 0) is 31.1 Å². The zero-order chi connectivity index (χ0) is 23.1. The lowest BCUT2D eigenvalue weighted by atomic mass is 9.47. The van der Waals surface area contributed by atoms with Crippen LogP contribution < -0.4 is 4.74 Å². The Hall–Kier alpha value is -1.94. The van der Waals surface area contributed by atoms with Crippen molar-refractivity contribution in [3.05, 3.63) is 17.4 Å². The van der Waals surface area contributed by atoms with Crippen LogP contribution >= 0.6 is 0 Å². The highest BCUT2D eigenvalue weighted by Gasteiger charge is 3.00. The second kappa shape index (κ2) is 5.82. The minimum atomic E-state index is -1.05. The third-order valence-electron chi connectivity index (χ3n) is 9.70. The minimum Gasteiger partial charge on any atom is -0.481 e. The fourth-order valence-corrected chi connectivity index (χ4v) is 7.99. The van der Waals surface area contributed by atoms with Gasteiger partial charge in [-0.1, -0.05) is 20.8 Å². The number of aliphatic carboxylic acids is 1. The molecule has 4 heterocycles. The molecule has 7 rings (SSSR count). The van der Waals surface area contributed by atoms with Gasteiger partial charge in [0.25, 0.3) is 5.95 Å². The lowest BCUT2D eigenvalue weighted by Crippen LogP contribution is -2.68. The summed E-state index contributed by atoms with van der Waals surface area (Å²) in [5, 5.41) is 20.4. The molecule has 2 spiro atoms. The minimum absolute atomic E-state index is 0.0691. The summed E-state index contributed by atoms with van der Waals surface area (Å²) in [5.74, 6) is -1.27. The Kier molecular flexibility index (Phi) is 3.60. The average molecular weight is 460 g/mol. The van der Waals surface area contributed by atoms with Crippen molar-refractivity contribution in [1.29, 1.82) is 0 Å². The summed E-state index contributed by atoms with van der Waals surface area (Å²) in [7, 11) is 0. The quantitative estimate of drug-likeness (QED) is 0.499. The maximum atomic E-state index is 12.1. The summed E-state index contributed by atoms with van der Waals surface area (Å²) in [4.78, 5) is 22.8. The fraction of sp³-hybridized carbons (Fsp3) is 0.750. The van der Waals surface area contributed by atoms with Crippen LogP contribution in [0.4, 0.5) is 0 Å². The molecule has 5 fully saturated rings. The molecule has 2 N–H and O–H groups in total. The van der Waals surface area contributed by atoms with Crippen molar-refractivity contribution in [1.82, 2.24) is 0 Å². The van der Waals surface area contributed by atoms with Crippen LogP contribution in [0.5, 0.6) is 5.95 Å². The van der Waals surface area contributed by atoms with Gasteiger partial charge in [0.2, 0.25) is 0 Å². The van der Waals surface area contributed by atoms with Crippen LogP contribution in [0.15, 0.2) is 10.7 Å². The molecule has 1 aromatic heterocycles. The third kappa shape index (κ3) is 2.06. The Morgan fingerprint density at radius 3 is 2.73 bits per heavy atom. The maximum absolute atomic E-state index is 12.1. The molecule has 9 atom stereocenters. The number of carbonyl (C=O) groups is 2. The lowest BCUT2D eigenvalue weighted by molar-refractivity contribution is -0.142. The van der Waals surface area contributed by atoms with Gasteiger partial charge in [0.1, 0.15) is 29.5 Å². The number of rotatable bonds is 5. The van der Waals surface area contributed by atoms with E-state index in [0.29, 0.717) is 6.42 Å². The van der Waals surface area contributed by atoms with E-state index >= 15 is 0 Å². The van der Waals surface area contributed by atoms with E-state index < -0.39 is 34.8 Å². The van der Waals surface area contributed by atoms with E-state index in [1.807, 2.05) is 0 Å². The first-order chi connectivity index (χ1) is 15.6. The number of carbonyl (C=O) groups excluding carboxylic acids is 1. The van der Waals surface area contributed by atoms with Crippen molar-refractivity contribution < 1.29 is 43.2 Å². The zero-order valence-corrected chi connectivity index (χ0v) is 18.8. The first-order valence-electron chi connectivity index (χ1n) is 11.9. The van der Waals surface area contributed by atoms with Crippen molar-refractivity contribution in [3.63, 3.8) is 0 Å². The summed E-state index contributed by atoms with van der Waals surface area (Å²) in [6, 6.07) is 0. The van der Waals surface area contributed by atoms with Crippen LogP contribution in [-0.4, -0.2) is 63.4 Å². The van der Waals surface area contributed by atoms with Crippen molar-refractivity contribution in [3.8, 4) is 5.95 Å². The molecule has 6 aliphatic rings. The van der Waals surface area contributed by atoms with Crippen molar-refractivity contribution in [2.75, 3.05) is 0 Å². The molecule has 3 saturated heterocycles. The fourth-order valence-electron chi connectivity index (χ4n) is 7.99. The predicted molar refractivity (Wildman–Crippen MR) is 109 cm³/mol. The molecule has 0 amide bonds. The van der Waals surface area contributed by atoms with Crippen LogP contribution in [0.1, 0.15) is 63.5 Å². The van der Waals surface area contributed by atoms with E-state index in [4.69, 9.17) is 28.5 Å². The number of fused-ring (bicyclic) bond motifs is 5. The molecule has 3 aliphatic heterocycles. The van der Waals surface area contributed by atoms with Gasteiger partial charge < -0.3 is 33.6 Å². The number of hydrogen-bond acceptors (Lipinski definition) is 8. The Labute approximate surface area is 190 Å². The molecule has 0 radical (unpaired) electrons. The number of hydrogen-bond donors (Lipinski definition) is 2. The molecule has 0 unspecified atom stereocenters. The molecule has 178 valence electrons. The average Bonchev–Trinajstić information content (AvgIpc) is 3.65. The van der Waals surface area contributed by atoms with E-state index in [1.54, 1.807) is 6.26 Å². The summed E-state index contributed by atoms with van der Waals surface area (Å²) in [6.45, 7) is 6.39. The van der Waals surface area contributed by atoms with Gasteiger partial charge in [-0.3, -0.25) is 9.59 Å². The standard InChI is InChI=1S/C24H28O9/c1-10(2)22-17(32-22)18-24(33-18)21(3)7-6-11-12(13(21)8-14-23(24,31-14)20(22)28)9-29-19(11)30-16(27)5-4-15(25)26/h9-10,13-14,17-18,20,28H,4-8H2,1-3H3,(H,25,26)/t13-,14-,17-,18-,20+,21-,22-,23+,24+/m0/s1. The Morgan fingerprint density at radius 2 is 2.00 bits per heavy atom. The van der Waals surface area contributed by atoms with Gasteiger partial charge in [0, 0.05) is 16.5 Å². The van der Waals surface area contributed by atoms with E-state index in [1.165, 1.54) is 0 Å². The molecule has 33 heavy (non-hydrogen) atoms. The van der Waals surface area contributed by atoms with E-state index in [9.17, 15) is 14.7 Å². The van der Waals surface area contributed by atoms with Gasteiger partial charge in [0.15, 0.2) is 5.60 Å². The molecule has 9 nitrogen and oxygen atoms in total. The molecule has 1 aromatic rings. The van der Waals surface area contributed by atoms with Gasteiger partial charge >= 0.3 is 11.9 Å². The van der Waals surface area contributed by atoms with Crippen molar-refractivity contribution in [2.45, 2.75) is 100 Å². The lowest BCUT2D eigenvalue weighted by Gasteiger charge is -2.53. The highest BCUT2D eigenvalue weighted by Crippen LogP contribution is 2.83.